The summed E-state index contributed by atoms with van der Waals surface area (Å²) in [5.74, 6) is 2.93. The van der Waals surface area contributed by atoms with Gasteiger partial charge in [-0.15, -0.1) is 0 Å². The van der Waals surface area contributed by atoms with Crippen LogP contribution in [0.2, 0.25) is 0 Å². The number of ether oxygens (including phenoxy) is 1. The third-order valence-corrected chi connectivity index (χ3v) is 5.79. The van der Waals surface area contributed by atoms with E-state index in [2.05, 4.69) is 29.5 Å². The fraction of sp³-hybridized carbons (Fsp3) is 0.632. The van der Waals surface area contributed by atoms with E-state index in [9.17, 15) is 8.42 Å². The second-order valence-corrected chi connectivity index (χ2v) is 9.37. The molecule has 7 heteroatoms. The summed E-state index contributed by atoms with van der Waals surface area (Å²) in [4.78, 5) is 4.58. The summed E-state index contributed by atoms with van der Waals surface area (Å²) in [5, 5.41) is 6.78. The molecule has 1 aromatic rings. The lowest BCUT2D eigenvalue weighted by Gasteiger charge is -2.32. The Kier molecular flexibility index (Phi) is 7.32. The van der Waals surface area contributed by atoms with E-state index in [1.807, 2.05) is 0 Å². The van der Waals surface area contributed by atoms with E-state index in [1.54, 1.807) is 31.3 Å². The predicted molar refractivity (Wildman–Crippen MR) is 106 cm³/mol. The molecule has 2 unspecified atom stereocenters. The van der Waals surface area contributed by atoms with Crippen LogP contribution in [0.4, 0.5) is 0 Å². The molecule has 0 radical (unpaired) electrons. The van der Waals surface area contributed by atoms with Crippen molar-refractivity contribution in [2.75, 3.05) is 26.5 Å². The summed E-state index contributed by atoms with van der Waals surface area (Å²) >= 11 is 0. The average molecular weight is 382 g/mol. The molecule has 1 aromatic carbocycles. The van der Waals surface area contributed by atoms with Gasteiger partial charge in [0.2, 0.25) is 0 Å². The average Bonchev–Trinajstić information content (AvgIpc) is 2.56. The van der Waals surface area contributed by atoms with Gasteiger partial charge in [0.05, 0.1) is 11.4 Å². The van der Waals surface area contributed by atoms with Gasteiger partial charge in [-0.2, -0.15) is 0 Å². The van der Waals surface area contributed by atoms with Crippen LogP contribution in [0.5, 0.6) is 5.75 Å². The molecule has 0 spiro atoms. The van der Waals surface area contributed by atoms with Crippen LogP contribution in [0, 0.1) is 11.8 Å². The van der Waals surface area contributed by atoms with Gasteiger partial charge in [0.1, 0.15) is 12.4 Å². The van der Waals surface area contributed by atoms with E-state index in [-0.39, 0.29) is 0 Å². The molecule has 1 aliphatic rings. The molecule has 2 rings (SSSR count). The Labute approximate surface area is 157 Å². The number of sulfone groups is 1. The molecule has 0 bridgehead atoms. The number of hydrogen-bond acceptors (Lipinski definition) is 4. The zero-order valence-corrected chi connectivity index (χ0v) is 17.0. The summed E-state index contributed by atoms with van der Waals surface area (Å²) in [7, 11) is -1.40. The van der Waals surface area contributed by atoms with Crippen LogP contribution < -0.4 is 15.4 Å². The maximum atomic E-state index is 11.4. The number of nitrogens with zero attached hydrogens (tertiary/aromatic N) is 1. The number of hydrogen-bond donors (Lipinski definition) is 2. The Morgan fingerprint density at radius 1 is 1.15 bits per heavy atom. The Morgan fingerprint density at radius 3 is 2.31 bits per heavy atom. The highest BCUT2D eigenvalue weighted by Gasteiger charge is 2.24. The monoisotopic (exact) mass is 381 g/mol. The second kappa shape index (κ2) is 9.26. The van der Waals surface area contributed by atoms with Crippen LogP contribution in [-0.4, -0.2) is 46.9 Å². The first-order valence-electron chi connectivity index (χ1n) is 9.18. The Hall–Kier alpha value is -1.76. The molecule has 1 saturated carbocycles. The van der Waals surface area contributed by atoms with Crippen LogP contribution in [0.1, 0.15) is 33.1 Å². The quantitative estimate of drug-likeness (QED) is 0.449. The van der Waals surface area contributed by atoms with Gasteiger partial charge in [-0.3, -0.25) is 4.99 Å². The highest BCUT2D eigenvalue weighted by Crippen LogP contribution is 2.28. The molecule has 0 heterocycles. The molecule has 1 fully saturated rings. The van der Waals surface area contributed by atoms with E-state index < -0.39 is 9.84 Å². The summed E-state index contributed by atoms with van der Waals surface area (Å²) in [6.07, 6.45) is 4.85. The molecule has 2 N–H and O–H groups in total. The molecule has 146 valence electrons. The van der Waals surface area contributed by atoms with Crippen LogP contribution in [0.3, 0.4) is 0 Å². The topological polar surface area (TPSA) is 79.8 Å². The predicted octanol–water partition coefficient (Wildman–Crippen LogP) is 2.46. The van der Waals surface area contributed by atoms with Crippen molar-refractivity contribution >= 4 is 15.8 Å². The van der Waals surface area contributed by atoms with Gasteiger partial charge in [-0.25, -0.2) is 8.42 Å². The molecular weight excluding hydrogens is 350 g/mol. The summed E-state index contributed by atoms with van der Waals surface area (Å²) in [5.41, 5.74) is 0. The van der Waals surface area contributed by atoms with Crippen molar-refractivity contribution in [1.82, 2.24) is 10.6 Å². The molecule has 0 aliphatic heterocycles. The largest absolute Gasteiger partial charge is 0.492 e. The van der Waals surface area contributed by atoms with Crippen LogP contribution in [0.25, 0.3) is 0 Å². The summed E-state index contributed by atoms with van der Waals surface area (Å²) in [6.45, 7) is 5.70. The van der Waals surface area contributed by atoms with E-state index in [0.29, 0.717) is 29.8 Å². The Bertz CT molecular complexity index is 691. The lowest BCUT2D eigenvalue weighted by molar-refractivity contribution is 0.254. The highest BCUT2D eigenvalue weighted by atomic mass is 32.2. The third-order valence-electron chi connectivity index (χ3n) is 4.66. The third kappa shape index (κ3) is 6.52. The minimum absolute atomic E-state index is 0.295. The first-order chi connectivity index (χ1) is 12.3. The van der Waals surface area contributed by atoms with Gasteiger partial charge < -0.3 is 15.4 Å². The molecule has 0 aromatic heterocycles. The van der Waals surface area contributed by atoms with Crippen molar-refractivity contribution in [2.24, 2.45) is 16.8 Å². The van der Waals surface area contributed by atoms with Crippen molar-refractivity contribution in [1.29, 1.82) is 0 Å². The van der Waals surface area contributed by atoms with Gasteiger partial charge in [0.15, 0.2) is 15.8 Å². The maximum Gasteiger partial charge on any atom is 0.191 e. The van der Waals surface area contributed by atoms with E-state index >= 15 is 0 Å². The zero-order chi connectivity index (χ0) is 19.2. The fourth-order valence-corrected chi connectivity index (χ4v) is 4.20. The lowest BCUT2D eigenvalue weighted by Crippen LogP contribution is -2.47. The number of nitrogens with one attached hydrogen (secondary N) is 2. The highest BCUT2D eigenvalue weighted by molar-refractivity contribution is 7.90. The first-order valence-corrected chi connectivity index (χ1v) is 11.1. The van der Waals surface area contributed by atoms with Crippen LogP contribution in [0.15, 0.2) is 34.2 Å². The molecule has 6 nitrogen and oxygen atoms in total. The van der Waals surface area contributed by atoms with Gasteiger partial charge in [-0.1, -0.05) is 13.8 Å². The van der Waals surface area contributed by atoms with E-state index in [4.69, 9.17) is 4.74 Å². The number of guanidine groups is 1. The second-order valence-electron chi connectivity index (χ2n) is 7.35. The van der Waals surface area contributed by atoms with Crippen molar-refractivity contribution in [3.63, 3.8) is 0 Å². The van der Waals surface area contributed by atoms with Crippen molar-refractivity contribution < 1.29 is 13.2 Å². The minimum atomic E-state index is -3.17. The molecule has 1 aliphatic carbocycles. The zero-order valence-electron chi connectivity index (χ0n) is 16.2. The standard InChI is InChI=1S/C19H31N3O3S/c1-14-11-15(2)13-16(12-14)22-19(20-3)21-9-10-25-17-5-7-18(8-6-17)26(4,23)24/h5-8,14-16H,9-13H2,1-4H3,(H2,20,21,22). The van der Waals surface area contributed by atoms with Crippen molar-refractivity contribution in [2.45, 2.75) is 44.0 Å². The lowest BCUT2D eigenvalue weighted by atomic mass is 9.80. The van der Waals surface area contributed by atoms with Crippen molar-refractivity contribution in [3.05, 3.63) is 24.3 Å². The number of aliphatic imine (C=N–C) groups is 1. The van der Waals surface area contributed by atoms with Crippen LogP contribution >= 0.6 is 0 Å². The summed E-state index contributed by atoms with van der Waals surface area (Å²) < 4.78 is 28.5. The number of rotatable bonds is 6. The maximum absolute atomic E-state index is 11.4. The summed E-state index contributed by atoms with van der Waals surface area (Å²) in [6, 6.07) is 6.93. The van der Waals surface area contributed by atoms with Gasteiger partial charge in [0.25, 0.3) is 0 Å². The molecule has 0 amide bonds. The van der Waals surface area contributed by atoms with Crippen molar-refractivity contribution in [3.8, 4) is 5.75 Å². The molecule has 2 atom stereocenters. The minimum Gasteiger partial charge on any atom is -0.492 e. The van der Waals surface area contributed by atoms with E-state index in [1.165, 1.54) is 25.5 Å². The van der Waals surface area contributed by atoms with Gasteiger partial charge >= 0.3 is 0 Å². The normalized spacial score (nSPS) is 24.2. The smallest absolute Gasteiger partial charge is 0.191 e. The molecular formula is C19H31N3O3S. The molecule has 0 saturated heterocycles. The Morgan fingerprint density at radius 2 is 1.77 bits per heavy atom. The number of benzene rings is 1. The fourth-order valence-electron chi connectivity index (χ4n) is 3.57. The van der Waals surface area contributed by atoms with Crippen LogP contribution in [-0.2, 0) is 9.84 Å². The van der Waals surface area contributed by atoms with Gasteiger partial charge in [-0.05, 0) is 55.4 Å². The molecule has 26 heavy (non-hydrogen) atoms. The SMILES string of the molecule is CN=C(NCCOc1ccc(S(C)(=O)=O)cc1)NC1CC(C)CC(C)C1. The van der Waals surface area contributed by atoms with Gasteiger partial charge in [0, 0.05) is 19.3 Å². The Balaban J connectivity index is 1.74. The van der Waals surface area contributed by atoms with E-state index in [0.717, 1.165) is 17.8 Å². The first kappa shape index (κ1) is 20.6.